The average Bonchev–Trinajstić information content (AvgIpc) is 2.62. The zero-order valence-corrected chi connectivity index (χ0v) is 14.5. The van der Waals surface area contributed by atoms with Crippen LogP contribution in [0.4, 0.5) is 15.9 Å². The van der Waals surface area contributed by atoms with E-state index in [0.717, 1.165) is 5.39 Å². The van der Waals surface area contributed by atoms with E-state index in [1.165, 1.54) is 18.2 Å². The van der Waals surface area contributed by atoms with Gasteiger partial charge in [0.25, 0.3) is 0 Å². The zero-order valence-electron chi connectivity index (χ0n) is 14.5. The lowest BCUT2D eigenvalue weighted by molar-refractivity contribution is 0.213. The number of pyridine rings is 2. The Hall–Kier alpha value is -3.26. The number of rotatable bonds is 5. The number of aromatic nitrogens is 2. The number of benzene rings is 1. The van der Waals surface area contributed by atoms with Gasteiger partial charge < -0.3 is 10.6 Å². The van der Waals surface area contributed by atoms with Crippen molar-refractivity contribution in [3.05, 3.63) is 59.7 Å². The molecule has 0 amide bonds. The number of nitrogens with zero attached hydrogens (tertiary/aromatic N) is 4. The molecule has 1 aromatic carbocycles. The van der Waals surface area contributed by atoms with Gasteiger partial charge in [-0.1, -0.05) is 11.2 Å². The summed E-state index contributed by atoms with van der Waals surface area (Å²) < 4.78 is 14.4. The first kappa shape index (κ1) is 17.6. The van der Waals surface area contributed by atoms with E-state index in [4.69, 9.17) is 16.4 Å². The van der Waals surface area contributed by atoms with Crippen LogP contribution in [-0.2, 0) is 11.4 Å². The molecule has 0 radical (unpaired) electrons. The summed E-state index contributed by atoms with van der Waals surface area (Å²) in [5, 5.41) is 5.98. The Kier molecular flexibility index (Phi) is 4.94. The van der Waals surface area contributed by atoms with Gasteiger partial charge in [0.2, 0.25) is 0 Å². The summed E-state index contributed by atoms with van der Waals surface area (Å²) in [5.74, 6) is 6.06. The van der Waals surface area contributed by atoms with Gasteiger partial charge in [-0.05, 0) is 31.2 Å². The van der Waals surface area contributed by atoms with Crippen LogP contribution < -0.4 is 16.6 Å². The number of hydrogen-bond acceptors (Lipinski definition) is 7. The molecule has 26 heavy (non-hydrogen) atoms. The molecule has 0 aliphatic heterocycles. The second-order valence-electron chi connectivity index (χ2n) is 5.74. The van der Waals surface area contributed by atoms with Crippen molar-refractivity contribution < 1.29 is 9.23 Å². The fraction of sp³-hybridized carbons (Fsp3) is 0.167. The lowest BCUT2D eigenvalue weighted by Crippen LogP contribution is -2.32. The van der Waals surface area contributed by atoms with Crippen LogP contribution >= 0.6 is 0 Å². The van der Waals surface area contributed by atoms with Gasteiger partial charge >= 0.3 is 0 Å². The minimum atomic E-state index is -0.390. The molecular weight excluding hydrogens is 335 g/mol. The molecule has 0 fully saturated rings. The summed E-state index contributed by atoms with van der Waals surface area (Å²) in [6.45, 7) is 1.85. The number of fused-ring (bicyclic) bond motifs is 1. The summed E-state index contributed by atoms with van der Waals surface area (Å²) in [6, 6.07) is 10.2. The minimum Gasteiger partial charge on any atom is -0.399 e. The molecule has 0 atom stereocenters. The van der Waals surface area contributed by atoms with Crippen LogP contribution in [0.5, 0.6) is 0 Å². The highest BCUT2D eigenvalue weighted by molar-refractivity contribution is 5.97. The van der Waals surface area contributed by atoms with Crippen molar-refractivity contribution in [3.63, 3.8) is 0 Å². The highest BCUT2D eigenvalue weighted by Gasteiger charge is 2.14. The second-order valence-corrected chi connectivity index (χ2v) is 5.74. The third-order valence-electron chi connectivity index (χ3n) is 3.89. The third kappa shape index (κ3) is 3.55. The maximum atomic E-state index is 14.4. The van der Waals surface area contributed by atoms with E-state index in [1.54, 1.807) is 37.4 Å². The fourth-order valence-corrected chi connectivity index (χ4v) is 2.60. The van der Waals surface area contributed by atoms with E-state index in [-0.39, 0.29) is 6.54 Å². The Morgan fingerprint density at radius 1 is 1.31 bits per heavy atom. The number of hydrazine groups is 1. The summed E-state index contributed by atoms with van der Waals surface area (Å²) in [4.78, 5) is 13.3. The first-order valence-corrected chi connectivity index (χ1v) is 7.89. The molecule has 0 saturated carbocycles. The molecule has 4 N–H and O–H groups in total. The molecule has 0 saturated heterocycles. The van der Waals surface area contributed by atoms with E-state index >= 15 is 0 Å². The minimum absolute atomic E-state index is 0.0950. The van der Waals surface area contributed by atoms with Crippen LogP contribution in [-0.4, -0.2) is 22.8 Å². The molecular formula is C18H19FN6O. The van der Waals surface area contributed by atoms with E-state index in [9.17, 15) is 4.39 Å². The lowest BCUT2D eigenvalue weighted by atomic mass is 10.1. The van der Waals surface area contributed by atoms with E-state index in [2.05, 4.69) is 15.1 Å². The molecule has 3 aromatic rings. The zero-order chi connectivity index (χ0) is 18.7. The molecule has 3 rings (SSSR count). The molecule has 7 nitrogen and oxygen atoms in total. The molecule has 8 heteroatoms. The van der Waals surface area contributed by atoms with Crippen LogP contribution in [0.15, 0.2) is 47.8 Å². The maximum Gasteiger partial charge on any atom is 0.166 e. The maximum absolute atomic E-state index is 14.4. The highest BCUT2D eigenvalue weighted by Crippen LogP contribution is 2.23. The van der Waals surface area contributed by atoms with Gasteiger partial charge in [-0.2, -0.15) is 0 Å². The number of hydrogen-bond donors (Lipinski definition) is 2. The van der Waals surface area contributed by atoms with E-state index in [1.807, 2.05) is 6.07 Å². The molecule has 2 heterocycles. The molecule has 0 aliphatic carbocycles. The van der Waals surface area contributed by atoms with Crippen molar-refractivity contribution >= 4 is 28.1 Å². The Labute approximate surface area is 150 Å². The summed E-state index contributed by atoms with van der Waals surface area (Å²) >= 11 is 0. The summed E-state index contributed by atoms with van der Waals surface area (Å²) in [6.07, 6.45) is 1.62. The van der Waals surface area contributed by atoms with Crippen molar-refractivity contribution in [2.24, 2.45) is 11.0 Å². The number of nitrogens with two attached hydrogens (primary N) is 2. The fourth-order valence-electron chi connectivity index (χ4n) is 2.60. The quantitative estimate of drug-likeness (QED) is 0.415. The molecule has 0 bridgehead atoms. The van der Waals surface area contributed by atoms with Crippen LogP contribution in [0.3, 0.4) is 0 Å². The molecule has 0 spiro atoms. The van der Waals surface area contributed by atoms with Crippen LogP contribution in [0.25, 0.3) is 10.9 Å². The van der Waals surface area contributed by atoms with Gasteiger partial charge in [0.05, 0.1) is 23.4 Å². The van der Waals surface area contributed by atoms with Crippen LogP contribution in [0, 0.1) is 5.82 Å². The highest BCUT2D eigenvalue weighted by atomic mass is 19.1. The van der Waals surface area contributed by atoms with Gasteiger partial charge in [0.1, 0.15) is 18.6 Å². The van der Waals surface area contributed by atoms with Gasteiger partial charge in [0, 0.05) is 23.2 Å². The molecule has 134 valence electrons. The molecule has 0 unspecified atom stereocenters. The smallest absolute Gasteiger partial charge is 0.166 e. The topological polar surface area (TPSA) is 103 Å². The predicted octanol–water partition coefficient (Wildman–Crippen LogP) is 2.60. The van der Waals surface area contributed by atoms with Crippen LogP contribution in [0.1, 0.15) is 18.2 Å². The number of halogens is 1. The standard InChI is InChI=1S/C18H19FN6O/c1-11(24-26-2)16-6-5-15(20)18(23-16)25(21)10-13-8-12-4-3-7-22-17(12)9-14(13)19/h3-9H,10,20-21H2,1-2H3/b24-11-. The third-order valence-corrected chi connectivity index (χ3v) is 3.89. The predicted molar refractivity (Wildman–Crippen MR) is 99.9 cm³/mol. The largest absolute Gasteiger partial charge is 0.399 e. The van der Waals surface area contributed by atoms with Crippen molar-refractivity contribution in [1.29, 1.82) is 0 Å². The van der Waals surface area contributed by atoms with Crippen molar-refractivity contribution in [1.82, 2.24) is 9.97 Å². The van der Waals surface area contributed by atoms with Crippen molar-refractivity contribution in [2.75, 3.05) is 17.9 Å². The van der Waals surface area contributed by atoms with Gasteiger partial charge in [-0.25, -0.2) is 15.2 Å². The first-order chi connectivity index (χ1) is 12.5. The second kappa shape index (κ2) is 7.32. The lowest BCUT2D eigenvalue weighted by Gasteiger charge is -2.20. The van der Waals surface area contributed by atoms with E-state index in [0.29, 0.717) is 34.0 Å². The number of nitrogen functional groups attached to an aromatic ring is 1. The molecule has 2 aromatic heterocycles. The normalized spacial score (nSPS) is 11.6. The monoisotopic (exact) mass is 354 g/mol. The van der Waals surface area contributed by atoms with E-state index < -0.39 is 5.82 Å². The van der Waals surface area contributed by atoms with Crippen molar-refractivity contribution in [3.8, 4) is 0 Å². The average molecular weight is 354 g/mol. The summed E-state index contributed by atoms with van der Waals surface area (Å²) in [7, 11) is 1.45. The first-order valence-electron chi connectivity index (χ1n) is 7.89. The van der Waals surface area contributed by atoms with Gasteiger partial charge in [-0.15, -0.1) is 0 Å². The Bertz CT molecular complexity index is 975. The number of anilines is 2. The Morgan fingerprint density at radius 2 is 2.12 bits per heavy atom. The van der Waals surface area contributed by atoms with Crippen LogP contribution in [0.2, 0.25) is 0 Å². The van der Waals surface area contributed by atoms with Gasteiger partial charge in [-0.3, -0.25) is 9.99 Å². The molecule has 0 aliphatic rings. The van der Waals surface area contributed by atoms with Crippen molar-refractivity contribution in [2.45, 2.75) is 13.5 Å². The Morgan fingerprint density at radius 3 is 2.88 bits per heavy atom. The Balaban J connectivity index is 1.93. The SMILES string of the molecule is CO/N=C(/C)c1ccc(N)c(N(N)Cc2cc3cccnc3cc2F)n1. The van der Waals surface area contributed by atoms with Gasteiger partial charge in [0.15, 0.2) is 5.82 Å². The number of oxime groups is 1. The summed E-state index contributed by atoms with van der Waals surface area (Å²) in [5.41, 5.74) is 8.51.